The molecule has 2 aromatic heterocycles. The van der Waals surface area contributed by atoms with E-state index in [9.17, 15) is 0 Å². The summed E-state index contributed by atoms with van der Waals surface area (Å²) in [5.74, 6) is 0. The molecule has 0 atom stereocenters. The summed E-state index contributed by atoms with van der Waals surface area (Å²) in [6.07, 6.45) is 0. The smallest absolute Gasteiger partial charge is 0.0544 e. The summed E-state index contributed by atoms with van der Waals surface area (Å²) in [5, 5.41) is 5.11. The fraction of sp³-hybridized carbons (Fsp3) is 0.0270. The van der Waals surface area contributed by atoms with E-state index in [1.807, 2.05) is 0 Å². The molecule has 0 aliphatic rings. The third-order valence-electron chi connectivity index (χ3n) is 8.03. The minimum absolute atomic E-state index is 1.18. The normalized spacial score (nSPS) is 11.7. The summed E-state index contributed by atoms with van der Waals surface area (Å²) in [4.78, 5) is 0. The Bertz CT molecular complexity index is 2160. The van der Waals surface area contributed by atoms with Crippen LogP contribution in [0.15, 0.2) is 140 Å². The Morgan fingerprint density at radius 2 is 0.872 bits per heavy atom. The lowest BCUT2D eigenvalue weighted by atomic mass is 9.96. The molecular formula is C37H26N2. The number of rotatable bonds is 3. The van der Waals surface area contributed by atoms with Crippen molar-refractivity contribution in [3.8, 4) is 22.5 Å². The summed E-state index contributed by atoms with van der Waals surface area (Å²) in [5.41, 5.74) is 11.1. The van der Waals surface area contributed by atoms with Gasteiger partial charge in [0.25, 0.3) is 0 Å². The summed E-state index contributed by atoms with van der Waals surface area (Å²) in [6, 6.07) is 50.5. The van der Waals surface area contributed by atoms with Crippen LogP contribution in [0.5, 0.6) is 0 Å². The van der Waals surface area contributed by atoms with Gasteiger partial charge in [-0.1, -0.05) is 78.9 Å². The van der Waals surface area contributed by atoms with Crippen molar-refractivity contribution in [2.24, 2.45) is 0 Å². The first-order chi connectivity index (χ1) is 19.3. The Morgan fingerprint density at radius 3 is 1.49 bits per heavy atom. The molecule has 0 unspecified atom stereocenters. The molecule has 0 aliphatic carbocycles. The monoisotopic (exact) mass is 498 g/mol. The fourth-order valence-electron chi connectivity index (χ4n) is 6.28. The van der Waals surface area contributed by atoms with E-state index >= 15 is 0 Å². The summed E-state index contributed by atoms with van der Waals surface area (Å²) in [6.45, 7) is 2.24. The molecule has 2 heterocycles. The van der Waals surface area contributed by atoms with Crippen molar-refractivity contribution in [2.75, 3.05) is 0 Å². The van der Waals surface area contributed by atoms with Crippen molar-refractivity contribution in [1.29, 1.82) is 0 Å². The average molecular weight is 499 g/mol. The molecule has 184 valence electrons. The number of hydrogen-bond donors (Lipinski definition) is 0. The van der Waals surface area contributed by atoms with Gasteiger partial charge in [-0.25, -0.2) is 0 Å². The van der Waals surface area contributed by atoms with Crippen LogP contribution in [0.4, 0.5) is 0 Å². The highest BCUT2D eigenvalue weighted by Crippen LogP contribution is 2.39. The van der Waals surface area contributed by atoms with E-state index in [1.165, 1.54) is 71.7 Å². The third kappa shape index (κ3) is 3.28. The zero-order valence-electron chi connectivity index (χ0n) is 21.7. The van der Waals surface area contributed by atoms with Crippen LogP contribution in [0.3, 0.4) is 0 Å². The van der Waals surface area contributed by atoms with Gasteiger partial charge >= 0.3 is 0 Å². The zero-order chi connectivity index (χ0) is 25.9. The average Bonchev–Trinajstić information content (AvgIpc) is 3.49. The van der Waals surface area contributed by atoms with E-state index < -0.39 is 0 Å². The molecule has 0 N–H and O–H groups in total. The quantitative estimate of drug-likeness (QED) is 0.229. The van der Waals surface area contributed by atoms with Crippen molar-refractivity contribution in [3.05, 3.63) is 145 Å². The lowest BCUT2D eigenvalue weighted by molar-refractivity contribution is 1.18. The minimum Gasteiger partial charge on any atom is -0.309 e. The molecule has 8 rings (SSSR count). The molecule has 0 radical (unpaired) electrons. The summed E-state index contributed by atoms with van der Waals surface area (Å²) < 4.78 is 4.76. The van der Waals surface area contributed by atoms with Gasteiger partial charge in [0.2, 0.25) is 0 Å². The van der Waals surface area contributed by atoms with Crippen LogP contribution in [-0.2, 0) is 0 Å². The first kappa shape index (κ1) is 22.0. The van der Waals surface area contributed by atoms with Gasteiger partial charge in [-0.15, -0.1) is 0 Å². The maximum Gasteiger partial charge on any atom is 0.0544 e. The molecule has 0 bridgehead atoms. The number of benzene rings is 6. The molecule has 2 nitrogen and oxygen atoms in total. The number of fused-ring (bicyclic) bond motifs is 6. The van der Waals surface area contributed by atoms with Crippen LogP contribution < -0.4 is 0 Å². The van der Waals surface area contributed by atoms with Crippen molar-refractivity contribution in [1.82, 2.24) is 9.13 Å². The summed E-state index contributed by atoms with van der Waals surface area (Å²) >= 11 is 0. The maximum atomic E-state index is 2.39. The van der Waals surface area contributed by atoms with Gasteiger partial charge in [-0.3, -0.25) is 0 Å². The second-order valence-corrected chi connectivity index (χ2v) is 10.3. The van der Waals surface area contributed by atoms with Crippen LogP contribution in [0, 0.1) is 6.92 Å². The summed E-state index contributed by atoms with van der Waals surface area (Å²) in [7, 11) is 0. The lowest BCUT2D eigenvalue weighted by Crippen LogP contribution is -1.94. The van der Waals surface area contributed by atoms with E-state index in [0.29, 0.717) is 0 Å². The van der Waals surface area contributed by atoms with Crippen molar-refractivity contribution < 1.29 is 0 Å². The first-order valence-electron chi connectivity index (χ1n) is 13.5. The Kier molecular flexibility index (Phi) is 4.77. The number of para-hydroxylation sites is 4. The topological polar surface area (TPSA) is 9.86 Å². The predicted molar refractivity (Wildman–Crippen MR) is 165 cm³/mol. The van der Waals surface area contributed by atoms with Gasteiger partial charge in [0.05, 0.1) is 22.1 Å². The molecule has 0 amide bonds. The second-order valence-electron chi connectivity index (χ2n) is 10.3. The van der Waals surface area contributed by atoms with Gasteiger partial charge in [0, 0.05) is 32.9 Å². The first-order valence-corrected chi connectivity index (χ1v) is 13.5. The van der Waals surface area contributed by atoms with E-state index in [-0.39, 0.29) is 0 Å². The Labute approximate surface area is 227 Å². The van der Waals surface area contributed by atoms with E-state index in [1.54, 1.807) is 0 Å². The Balaban J connectivity index is 1.39. The highest BCUT2D eigenvalue weighted by molar-refractivity contribution is 6.13. The molecular weight excluding hydrogens is 472 g/mol. The van der Waals surface area contributed by atoms with Gasteiger partial charge in [0.15, 0.2) is 0 Å². The van der Waals surface area contributed by atoms with Crippen molar-refractivity contribution in [2.45, 2.75) is 6.92 Å². The predicted octanol–water partition coefficient (Wildman–Crippen LogP) is 9.86. The Hall–Kier alpha value is -5.08. The molecule has 0 spiro atoms. The molecule has 6 aromatic carbocycles. The zero-order valence-corrected chi connectivity index (χ0v) is 21.7. The second kappa shape index (κ2) is 8.47. The standard InChI is InChI=1S/C37H26N2/c1-25-22-37-33(30-17-9-11-19-35(30)39(37)28-14-6-3-7-15-28)24-31(25)26-20-21-36-32(23-26)29-16-8-10-18-34(29)38(36)27-12-4-2-5-13-27/h2-24H,1H3. The van der Waals surface area contributed by atoms with Gasteiger partial charge < -0.3 is 9.13 Å². The minimum atomic E-state index is 1.18. The number of aromatic nitrogens is 2. The van der Waals surface area contributed by atoms with E-state index in [2.05, 4.69) is 156 Å². The highest BCUT2D eigenvalue weighted by atomic mass is 15.0. The molecule has 0 aliphatic heterocycles. The van der Waals surface area contributed by atoms with Gasteiger partial charge in [0.1, 0.15) is 0 Å². The number of nitrogens with zero attached hydrogens (tertiary/aromatic N) is 2. The lowest BCUT2D eigenvalue weighted by Gasteiger charge is -2.11. The van der Waals surface area contributed by atoms with Crippen LogP contribution in [0.2, 0.25) is 0 Å². The molecule has 0 saturated carbocycles. The van der Waals surface area contributed by atoms with Crippen LogP contribution >= 0.6 is 0 Å². The fourth-order valence-corrected chi connectivity index (χ4v) is 6.28. The largest absolute Gasteiger partial charge is 0.309 e. The number of aryl methyl sites for hydroxylation is 1. The third-order valence-corrected chi connectivity index (χ3v) is 8.03. The van der Waals surface area contributed by atoms with E-state index in [4.69, 9.17) is 0 Å². The van der Waals surface area contributed by atoms with Gasteiger partial charge in [-0.2, -0.15) is 0 Å². The highest BCUT2D eigenvalue weighted by Gasteiger charge is 2.17. The SMILES string of the molecule is Cc1cc2c(cc1-c1ccc3c(c1)c1ccccc1n3-c1ccccc1)c1ccccc1n2-c1ccccc1. The molecule has 0 fully saturated rings. The maximum absolute atomic E-state index is 2.39. The molecule has 0 saturated heterocycles. The van der Waals surface area contributed by atoms with Crippen molar-refractivity contribution in [3.63, 3.8) is 0 Å². The number of hydrogen-bond acceptors (Lipinski definition) is 0. The van der Waals surface area contributed by atoms with Crippen LogP contribution in [0.25, 0.3) is 66.1 Å². The molecule has 2 heteroatoms. The van der Waals surface area contributed by atoms with E-state index in [0.717, 1.165) is 0 Å². The van der Waals surface area contributed by atoms with Crippen LogP contribution in [0.1, 0.15) is 5.56 Å². The van der Waals surface area contributed by atoms with Crippen LogP contribution in [-0.4, -0.2) is 9.13 Å². The molecule has 8 aromatic rings. The van der Waals surface area contributed by atoms with Crippen molar-refractivity contribution >= 4 is 43.6 Å². The van der Waals surface area contributed by atoms with Gasteiger partial charge in [-0.05, 0) is 84.3 Å². The Morgan fingerprint density at radius 1 is 0.385 bits per heavy atom. The molecule has 39 heavy (non-hydrogen) atoms.